The second-order valence-electron chi connectivity index (χ2n) is 5.81. The second kappa shape index (κ2) is 8.98. The maximum atomic E-state index is 13.4. The molecule has 0 fully saturated rings. The Kier molecular flexibility index (Phi) is 6.96. The summed E-state index contributed by atoms with van der Waals surface area (Å²) >= 11 is 1.29. The van der Waals surface area contributed by atoms with E-state index >= 15 is 0 Å². The molecule has 0 aliphatic carbocycles. The molecule has 0 saturated carbocycles. The van der Waals surface area contributed by atoms with Gasteiger partial charge in [0.2, 0.25) is 0 Å². The van der Waals surface area contributed by atoms with Crippen molar-refractivity contribution in [1.82, 2.24) is 19.9 Å². The van der Waals surface area contributed by atoms with Gasteiger partial charge in [0.15, 0.2) is 5.13 Å². The van der Waals surface area contributed by atoms with Crippen molar-refractivity contribution in [3.63, 3.8) is 0 Å². The minimum absolute atomic E-state index is 0. The first-order valence-corrected chi connectivity index (χ1v) is 8.65. The summed E-state index contributed by atoms with van der Waals surface area (Å²) in [5.74, 6) is -0.575. The lowest BCUT2D eigenvalue weighted by molar-refractivity contribution is 0.0981. The Morgan fingerprint density at radius 1 is 1.23 bits per heavy atom. The minimum Gasteiger partial charge on any atom is -0.309 e. The van der Waals surface area contributed by atoms with E-state index in [9.17, 15) is 9.18 Å². The topological polar surface area (TPSA) is 62.2 Å². The van der Waals surface area contributed by atoms with Crippen LogP contribution in [-0.2, 0) is 0 Å². The summed E-state index contributed by atoms with van der Waals surface area (Å²) in [5.41, 5.74) is 0.934. The lowest BCUT2D eigenvalue weighted by Gasteiger charge is -2.20. The molecule has 138 valence electrons. The molecule has 3 aromatic rings. The van der Waals surface area contributed by atoms with E-state index in [2.05, 4.69) is 19.9 Å². The highest BCUT2D eigenvalue weighted by Crippen LogP contribution is 2.30. The fourth-order valence-corrected chi connectivity index (χ4v) is 3.39. The van der Waals surface area contributed by atoms with Crippen molar-refractivity contribution < 1.29 is 9.18 Å². The van der Waals surface area contributed by atoms with Crippen molar-refractivity contribution in [2.24, 2.45) is 0 Å². The molecule has 6 nitrogen and oxygen atoms in total. The van der Waals surface area contributed by atoms with Crippen LogP contribution in [0.3, 0.4) is 0 Å². The zero-order valence-electron chi connectivity index (χ0n) is 14.4. The Morgan fingerprint density at radius 2 is 2.04 bits per heavy atom. The van der Waals surface area contributed by atoms with Crippen LogP contribution in [0.5, 0.6) is 0 Å². The third-order valence-corrected chi connectivity index (χ3v) is 4.63. The molecule has 0 N–H and O–H groups in total. The quantitative estimate of drug-likeness (QED) is 0.641. The molecular weight excluding hydrogens is 377 g/mol. The average Bonchev–Trinajstić information content (AvgIpc) is 3.01. The largest absolute Gasteiger partial charge is 0.309 e. The Hall–Kier alpha value is -2.16. The monoisotopic (exact) mass is 395 g/mol. The molecule has 26 heavy (non-hydrogen) atoms. The van der Waals surface area contributed by atoms with E-state index < -0.39 is 0 Å². The van der Waals surface area contributed by atoms with E-state index in [1.165, 1.54) is 42.1 Å². The standard InChI is InChI=1S/C17H18FN5OS.ClH/c1-22(2)8-3-9-23(16(24)14-11-19-6-7-20-14)17-21-13-5-4-12(18)10-15(13)25-17;/h4-7,10-11H,3,8-9H2,1-2H3;1H. The predicted octanol–water partition coefficient (Wildman–Crippen LogP) is 3.25. The molecule has 0 radical (unpaired) electrons. The van der Waals surface area contributed by atoms with Gasteiger partial charge in [-0.25, -0.2) is 14.4 Å². The number of rotatable bonds is 6. The molecular formula is C17H19ClFN5OS. The van der Waals surface area contributed by atoms with E-state index in [1.807, 2.05) is 14.1 Å². The fraction of sp³-hybridized carbons (Fsp3) is 0.294. The number of nitrogens with zero attached hydrogens (tertiary/aromatic N) is 5. The van der Waals surface area contributed by atoms with Gasteiger partial charge >= 0.3 is 0 Å². The van der Waals surface area contributed by atoms with Gasteiger partial charge in [-0.1, -0.05) is 11.3 Å². The van der Waals surface area contributed by atoms with Crippen molar-refractivity contribution in [2.75, 3.05) is 32.1 Å². The number of halogens is 2. The predicted molar refractivity (Wildman–Crippen MR) is 104 cm³/mol. The number of hydrogen-bond donors (Lipinski definition) is 0. The summed E-state index contributed by atoms with van der Waals surface area (Å²) in [6.07, 6.45) is 5.23. The number of aromatic nitrogens is 3. The maximum absolute atomic E-state index is 13.4. The van der Waals surface area contributed by atoms with E-state index in [-0.39, 0.29) is 29.8 Å². The number of carbonyl (C=O) groups is 1. The maximum Gasteiger partial charge on any atom is 0.280 e. The SMILES string of the molecule is CN(C)CCCN(C(=O)c1cnccn1)c1nc2ccc(F)cc2s1.Cl. The second-order valence-corrected chi connectivity index (χ2v) is 6.82. The molecule has 1 amide bonds. The van der Waals surface area contributed by atoms with Crippen molar-refractivity contribution in [3.8, 4) is 0 Å². The van der Waals surface area contributed by atoms with Crippen molar-refractivity contribution in [2.45, 2.75) is 6.42 Å². The molecule has 0 atom stereocenters. The summed E-state index contributed by atoms with van der Waals surface area (Å²) in [6.45, 7) is 1.33. The van der Waals surface area contributed by atoms with Gasteiger partial charge in [0, 0.05) is 18.9 Å². The minimum atomic E-state index is -0.317. The van der Waals surface area contributed by atoms with Crippen molar-refractivity contribution >= 4 is 45.0 Å². The Balaban J connectivity index is 0.00000243. The van der Waals surface area contributed by atoms with Crippen molar-refractivity contribution in [3.05, 3.63) is 48.3 Å². The number of hydrogen-bond acceptors (Lipinski definition) is 6. The van der Waals surface area contributed by atoms with Gasteiger partial charge in [0.1, 0.15) is 11.5 Å². The molecule has 3 rings (SSSR count). The normalized spacial score (nSPS) is 10.8. The number of anilines is 1. The van der Waals surface area contributed by atoms with Crippen LogP contribution < -0.4 is 4.90 Å². The summed E-state index contributed by atoms with van der Waals surface area (Å²) in [6, 6.07) is 4.42. The lowest BCUT2D eigenvalue weighted by Crippen LogP contribution is -2.34. The van der Waals surface area contributed by atoms with Gasteiger partial charge < -0.3 is 4.90 Å². The van der Waals surface area contributed by atoms with Gasteiger partial charge in [-0.05, 0) is 45.3 Å². The van der Waals surface area contributed by atoms with Crippen LogP contribution in [0.15, 0.2) is 36.8 Å². The average molecular weight is 396 g/mol. The van der Waals surface area contributed by atoms with Gasteiger partial charge in [0.05, 0.1) is 16.4 Å². The number of amides is 1. The summed E-state index contributed by atoms with van der Waals surface area (Å²) < 4.78 is 14.1. The molecule has 0 aliphatic rings. The van der Waals surface area contributed by atoms with Crippen LogP contribution in [0.2, 0.25) is 0 Å². The summed E-state index contributed by atoms with van der Waals surface area (Å²) in [5, 5.41) is 0.537. The molecule has 0 bridgehead atoms. The van der Waals surface area contributed by atoms with E-state index in [1.54, 1.807) is 11.0 Å². The van der Waals surface area contributed by atoms with Crippen LogP contribution in [0, 0.1) is 5.82 Å². The van der Waals surface area contributed by atoms with Gasteiger partial charge in [-0.2, -0.15) is 0 Å². The first kappa shape index (κ1) is 20.2. The molecule has 1 aromatic carbocycles. The van der Waals surface area contributed by atoms with Crippen LogP contribution >= 0.6 is 23.7 Å². The van der Waals surface area contributed by atoms with Crippen LogP contribution in [0.4, 0.5) is 9.52 Å². The lowest BCUT2D eigenvalue weighted by atomic mass is 10.3. The Labute approximate surface area is 161 Å². The number of carbonyl (C=O) groups excluding carboxylic acids is 1. The van der Waals surface area contributed by atoms with Crippen molar-refractivity contribution in [1.29, 1.82) is 0 Å². The van der Waals surface area contributed by atoms with E-state index in [4.69, 9.17) is 0 Å². The first-order chi connectivity index (χ1) is 12.0. The number of benzene rings is 1. The third-order valence-electron chi connectivity index (χ3n) is 3.58. The summed E-state index contributed by atoms with van der Waals surface area (Å²) in [7, 11) is 3.96. The van der Waals surface area contributed by atoms with Crippen LogP contribution in [0.25, 0.3) is 10.2 Å². The highest BCUT2D eigenvalue weighted by Gasteiger charge is 2.22. The first-order valence-electron chi connectivity index (χ1n) is 7.83. The highest BCUT2D eigenvalue weighted by molar-refractivity contribution is 7.22. The Morgan fingerprint density at radius 3 is 2.73 bits per heavy atom. The molecule has 0 saturated heterocycles. The number of fused-ring (bicyclic) bond motifs is 1. The number of thiazole rings is 1. The smallest absolute Gasteiger partial charge is 0.280 e. The summed E-state index contributed by atoms with van der Waals surface area (Å²) in [4.78, 5) is 29.1. The molecule has 9 heteroatoms. The van der Waals surface area contributed by atoms with Crippen LogP contribution in [-0.4, -0.2) is 52.9 Å². The molecule has 0 unspecified atom stereocenters. The Bertz CT molecular complexity index is 874. The van der Waals surface area contributed by atoms with Crippen LogP contribution in [0.1, 0.15) is 16.9 Å². The van der Waals surface area contributed by atoms with Gasteiger partial charge in [-0.3, -0.25) is 14.7 Å². The zero-order chi connectivity index (χ0) is 17.8. The zero-order valence-corrected chi connectivity index (χ0v) is 16.1. The van der Waals surface area contributed by atoms with E-state index in [0.29, 0.717) is 21.9 Å². The fourth-order valence-electron chi connectivity index (χ4n) is 2.38. The van der Waals surface area contributed by atoms with Gasteiger partial charge in [0.25, 0.3) is 5.91 Å². The molecule has 2 heterocycles. The third kappa shape index (κ3) is 4.72. The van der Waals surface area contributed by atoms with E-state index in [0.717, 1.165) is 13.0 Å². The highest BCUT2D eigenvalue weighted by atomic mass is 35.5. The molecule has 0 spiro atoms. The molecule has 0 aliphatic heterocycles. The molecule has 2 aromatic heterocycles. The van der Waals surface area contributed by atoms with Gasteiger partial charge in [-0.15, -0.1) is 12.4 Å².